The number of rotatable bonds is 6. The van der Waals surface area contributed by atoms with Crippen LogP contribution < -0.4 is 21.7 Å². The molecule has 0 saturated carbocycles. The quantitative estimate of drug-likeness (QED) is 0.562. The van der Waals surface area contributed by atoms with Crippen molar-refractivity contribution in [1.82, 2.24) is 15.3 Å². The monoisotopic (exact) mass is 384 g/mol. The Morgan fingerprint density at radius 1 is 1.22 bits per heavy atom. The molecule has 8 nitrogen and oxygen atoms in total. The minimum Gasteiger partial charge on any atom is -0.352 e. The number of anilines is 2. The van der Waals surface area contributed by atoms with E-state index in [2.05, 4.69) is 15.3 Å². The minimum atomic E-state index is -0.668. The molecule has 3 rings (SSSR count). The van der Waals surface area contributed by atoms with Gasteiger partial charge in [-0.1, -0.05) is 0 Å². The molecule has 140 valence electrons. The summed E-state index contributed by atoms with van der Waals surface area (Å²) in [5.41, 5.74) is 13.2. The summed E-state index contributed by atoms with van der Waals surface area (Å²) >= 11 is 1.53. The van der Waals surface area contributed by atoms with Crippen LogP contribution in [0.4, 0.5) is 16.2 Å². The molecule has 0 radical (unpaired) electrons. The zero-order valence-corrected chi connectivity index (χ0v) is 15.6. The van der Waals surface area contributed by atoms with Crippen LogP contribution in [0.2, 0.25) is 0 Å². The first-order valence-corrected chi connectivity index (χ1v) is 9.21. The number of nitrogens with two attached hydrogens (primary N) is 2. The summed E-state index contributed by atoms with van der Waals surface area (Å²) in [4.78, 5) is 34.2. The normalized spacial score (nSPS) is 10.7. The van der Waals surface area contributed by atoms with Gasteiger partial charge >= 0.3 is 6.03 Å². The standard InChI is InChI=1S/C18H20N6O2S/c1-11-23-15-4-3-13(8-16(15)27-11)24(18(20)26)14-7-12(9-21-10-14)17(25)22-6-2-5-19/h3-4,7-10H,2,5-6,19H2,1H3,(H2,20,26)(H,22,25). The molecule has 9 heteroatoms. The lowest BCUT2D eigenvalue weighted by Crippen LogP contribution is -2.32. The highest BCUT2D eigenvalue weighted by atomic mass is 32.1. The molecule has 0 unspecified atom stereocenters. The van der Waals surface area contributed by atoms with Crippen LogP contribution in [0.5, 0.6) is 0 Å². The zero-order chi connectivity index (χ0) is 19.4. The molecular formula is C18H20N6O2S. The number of benzene rings is 1. The fraction of sp³-hybridized carbons (Fsp3) is 0.222. The molecule has 3 amide bonds. The number of pyridine rings is 1. The van der Waals surface area contributed by atoms with Crippen molar-refractivity contribution in [3.63, 3.8) is 0 Å². The number of thiazole rings is 1. The lowest BCUT2D eigenvalue weighted by atomic mass is 10.2. The highest BCUT2D eigenvalue weighted by molar-refractivity contribution is 7.18. The summed E-state index contributed by atoms with van der Waals surface area (Å²) < 4.78 is 0.944. The van der Waals surface area contributed by atoms with Gasteiger partial charge in [0.25, 0.3) is 5.91 Å². The maximum absolute atomic E-state index is 12.2. The van der Waals surface area contributed by atoms with Crippen molar-refractivity contribution in [3.8, 4) is 0 Å². The van der Waals surface area contributed by atoms with E-state index in [9.17, 15) is 9.59 Å². The fourth-order valence-corrected chi connectivity index (χ4v) is 3.51. The van der Waals surface area contributed by atoms with Crippen molar-refractivity contribution in [2.24, 2.45) is 11.5 Å². The van der Waals surface area contributed by atoms with E-state index in [0.29, 0.717) is 36.4 Å². The molecule has 0 fully saturated rings. The van der Waals surface area contributed by atoms with Crippen LogP contribution in [-0.4, -0.2) is 35.0 Å². The Morgan fingerprint density at radius 2 is 2.04 bits per heavy atom. The lowest BCUT2D eigenvalue weighted by molar-refractivity contribution is 0.0953. The van der Waals surface area contributed by atoms with E-state index >= 15 is 0 Å². The lowest BCUT2D eigenvalue weighted by Gasteiger charge is -2.20. The summed E-state index contributed by atoms with van der Waals surface area (Å²) in [7, 11) is 0. The Balaban J connectivity index is 1.93. The molecule has 0 aliphatic carbocycles. The third-order valence-electron chi connectivity index (χ3n) is 3.87. The van der Waals surface area contributed by atoms with Gasteiger partial charge in [0, 0.05) is 12.7 Å². The van der Waals surface area contributed by atoms with Gasteiger partial charge in [-0.05, 0) is 44.2 Å². The Labute approximate surface area is 160 Å². The SMILES string of the molecule is Cc1nc2ccc(N(C(N)=O)c3cncc(C(=O)NCCCN)c3)cc2s1. The predicted octanol–water partition coefficient (Wildman–Crippen LogP) is 2.30. The van der Waals surface area contributed by atoms with Gasteiger partial charge in [-0.2, -0.15) is 0 Å². The number of aromatic nitrogens is 2. The van der Waals surface area contributed by atoms with Crippen molar-refractivity contribution in [3.05, 3.63) is 47.2 Å². The van der Waals surface area contributed by atoms with Crippen LogP contribution in [0, 0.1) is 6.92 Å². The van der Waals surface area contributed by atoms with Gasteiger partial charge in [0.05, 0.1) is 38.4 Å². The first-order valence-electron chi connectivity index (χ1n) is 8.39. The van der Waals surface area contributed by atoms with Gasteiger partial charge < -0.3 is 16.8 Å². The van der Waals surface area contributed by atoms with Gasteiger partial charge in [-0.15, -0.1) is 11.3 Å². The molecular weight excluding hydrogens is 364 g/mol. The van der Waals surface area contributed by atoms with E-state index in [0.717, 1.165) is 15.2 Å². The number of carbonyl (C=O) groups is 2. The van der Waals surface area contributed by atoms with Gasteiger partial charge in [0.2, 0.25) is 0 Å². The second-order valence-electron chi connectivity index (χ2n) is 5.89. The number of aryl methyl sites for hydroxylation is 1. The molecule has 2 heterocycles. The Bertz CT molecular complexity index is 987. The molecule has 0 aliphatic rings. The number of primary amides is 1. The van der Waals surface area contributed by atoms with Crippen LogP contribution in [0.1, 0.15) is 21.8 Å². The van der Waals surface area contributed by atoms with Gasteiger partial charge in [-0.25, -0.2) is 9.78 Å². The van der Waals surface area contributed by atoms with Crippen molar-refractivity contribution < 1.29 is 9.59 Å². The highest BCUT2D eigenvalue weighted by Crippen LogP contribution is 2.31. The smallest absolute Gasteiger partial charge is 0.323 e. The molecule has 0 bridgehead atoms. The molecule has 0 spiro atoms. The van der Waals surface area contributed by atoms with E-state index in [1.807, 2.05) is 19.1 Å². The van der Waals surface area contributed by atoms with Crippen molar-refractivity contribution in [2.75, 3.05) is 18.0 Å². The van der Waals surface area contributed by atoms with Crippen molar-refractivity contribution in [2.45, 2.75) is 13.3 Å². The van der Waals surface area contributed by atoms with Crippen LogP contribution in [0.3, 0.4) is 0 Å². The first kappa shape index (κ1) is 18.7. The van der Waals surface area contributed by atoms with E-state index < -0.39 is 6.03 Å². The molecule has 1 aromatic carbocycles. The summed E-state index contributed by atoms with van der Waals surface area (Å²) in [5, 5.41) is 3.70. The third kappa shape index (κ3) is 4.21. The van der Waals surface area contributed by atoms with Gasteiger partial charge in [0.1, 0.15) is 0 Å². The average Bonchev–Trinajstić information content (AvgIpc) is 3.01. The highest BCUT2D eigenvalue weighted by Gasteiger charge is 2.18. The minimum absolute atomic E-state index is 0.282. The second kappa shape index (κ2) is 8.11. The van der Waals surface area contributed by atoms with Gasteiger partial charge in [-0.3, -0.25) is 14.7 Å². The molecule has 0 aliphatic heterocycles. The summed E-state index contributed by atoms with van der Waals surface area (Å²) in [6, 6.07) is 6.36. The molecule has 5 N–H and O–H groups in total. The fourth-order valence-electron chi connectivity index (χ4n) is 2.65. The van der Waals surface area contributed by atoms with Crippen molar-refractivity contribution >= 4 is 44.9 Å². The van der Waals surface area contributed by atoms with E-state index in [1.54, 1.807) is 12.1 Å². The predicted molar refractivity (Wildman–Crippen MR) is 106 cm³/mol. The summed E-state index contributed by atoms with van der Waals surface area (Å²) in [6.45, 7) is 2.89. The largest absolute Gasteiger partial charge is 0.352 e. The number of hydrogen-bond donors (Lipinski definition) is 3. The number of amides is 3. The van der Waals surface area contributed by atoms with Crippen molar-refractivity contribution in [1.29, 1.82) is 0 Å². The van der Waals surface area contributed by atoms with Crippen LogP contribution in [-0.2, 0) is 0 Å². The van der Waals surface area contributed by atoms with E-state index in [4.69, 9.17) is 11.5 Å². The molecule has 0 atom stereocenters. The van der Waals surface area contributed by atoms with E-state index in [-0.39, 0.29) is 5.91 Å². The first-order chi connectivity index (χ1) is 13.0. The zero-order valence-electron chi connectivity index (χ0n) is 14.8. The van der Waals surface area contributed by atoms with Crippen LogP contribution >= 0.6 is 11.3 Å². The van der Waals surface area contributed by atoms with Gasteiger partial charge in [0.15, 0.2) is 0 Å². The number of fused-ring (bicyclic) bond motifs is 1. The molecule has 0 saturated heterocycles. The maximum Gasteiger partial charge on any atom is 0.323 e. The van der Waals surface area contributed by atoms with Crippen LogP contribution in [0.15, 0.2) is 36.7 Å². The molecule has 27 heavy (non-hydrogen) atoms. The Hall–Kier alpha value is -3.04. The maximum atomic E-state index is 12.2. The summed E-state index contributed by atoms with van der Waals surface area (Å²) in [6.07, 6.45) is 3.61. The Morgan fingerprint density at radius 3 is 2.78 bits per heavy atom. The number of nitrogens with zero attached hydrogens (tertiary/aromatic N) is 3. The third-order valence-corrected chi connectivity index (χ3v) is 4.80. The number of carbonyl (C=O) groups excluding carboxylic acids is 2. The number of nitrogens with one attached hydrogen (secondary N) is 1. The molecule has 3 aromatic rings. The number of urea groups is 1. The topological polar surface area (TPSA) is 127 Å². The van der Waals surface area contributed by atoms with Crippen LogP contribution in [0.25, 0.3) is 10.2 Å². The molecule has 2 aromatic heterocycles. The average molecular weight is 384 g/mol. The summed E-state index contributed by atoms with van der Waals surface area (Å²) in [5.74, 6) is -0.282. The second-order valence-corrected chi connectivity index (χ2v) is 7.12. The Kier molecular flexibility index (Phi) is 5.63. The number of hydrogen-bond acceptors (Lipinski definition) is 6. The van der Waals surface area contributed by atoms with E-state index in [1.165, 1.54) is 28.6 Å².